The molecule has 3 rings (SSSR count). The summed E-state index contributed by atoms with van der Waals surface area (Å²) in [6.07, 6.45) is 1.57. The highest BCUT2D eigenvalue weighted by Crippen LogP contribution is 2.39. The van der Waals surface area contributed by atoms with Crippen LogP contribution in [0.15, 0.2) is 51.8 Å². The van der Waals surface area contributed by atoms with Crippen LogP contribution in [-0.4, -0.2) is 42.3 Å². The van der Waals surface area contributed by atoms with Crippen LogP contribution in [0, 0.1) is 0 Å². The SMILES string of the molecule is COC(=O)[C@H](C)N1C(=O)S/C(=C/c2cc(Br)c(OCc3ccccc3)c(OC)c2)C1=O. The molecule has 1 aliphatic rings. The van der Waals surface area contributed by atoms with Gasteiger partial charge < -0.3 is 14.2 Å². The molecule has 1 fully saturated rings. The van der Waals surface area contributed by atoms with Crippen molar-refractivity contribution in [1.82, 2.24) is 4.90 Å². The number of carbonyl (C=O) groups excluding carboxylic acids is 3. The smallest absolute Gasteiger partial charge is 0.328 e. The minimum atomic E-state index is -1.00. The molecule has 1 heterocycles. The van der Waals surface area contributed by atoms with Crippen LogP contribution in [-0.2, 0) is 20.9 Å². The first-order valence-corrected chi connectivity index (χ1v) is 10.9. The molecular formula is C22H20BrNO6S. The number of halogens is 1. The number of hydrogen-bond acceptors (Lipinski definition) is 7. The Morgan fingerprint density at radius 1 is 1.19 bits per heavy atom. The number of methoxy groups -OCH3 is 2. The maximum Gasteiger partial charge on any atom is 0.328 e. The number of esters is 1. The highest BCUT2D eigenvalue weighted by Gasteiger charge is 2.41. The van der Waals surface area contributed by atoms with Crippen molar-refractivity contribution < 1.29 is 28.6 Å². The lowest BCUT2D eigenvalue weighted by molar-refractivity contribution is -0.148. The van der Waals surface area contributed by atoms with Gasteiger partial charge in [-0.3, -0.25) is 14.5 Å². The Bertz CT molecular complexity index is 1040. The molecule has 1 aliphatic heterocycles. The summed E-state index contributed by atoms with van der Waals surface area (Å²) in [4.78, 5) is 37.8. The zero-order valence-corrected chi connectivity index (χ0v) is 19.5. The number of benzene rings is 2. The summed E-state index contributed by atoms with van der Waals surface area (Å²) in [7, 11) is 2.73. The van der Waals surface area contributed by atoms with E-state index in [2.05, 4.69) is 20.7 Å². The van der Waals surface area contributed by atoms with E-state index in [1.165, 1.54) is 21.1 Å². The quantitative estimate of drug-likeness (QED) is 0.400. The number of thioether (sulfide) groups is 1. The fourth-order valence-electron chi connectivity index (χ4n) is 2.93. The van der Waals surface area contributed by atoms with Gasteiger partial charge in [0.25, 0.3) is 11.1 Å². The summed E-state index contributed by atoms with van der Waals surface area (Å²) in [6.45, 7) is 1.81. The molecule has 2 aromatic rings. The predicted octanol–water partition coefficient (Wildman–Crippen LogP) is 4.63. The first-order chi connectivity index (χ1) is 14.8. The Morgan fingerprint density at radius 3 is 2.55 bits per heavy atom. The number of carbonyl (C=O) groups is 3. The summed E-state index contributed by atoms with van der Waals surface area (Å²) in [5, 5.41) is -0.525. The van der Waals surface area contributed by atoms with Crippen molar-refractivity contribution in [2.45, 2.75) is 19.6 Å². The van der Waals surface area contributed by atoms with Gasteiger partial charge in [0.1, 0.15) is 12.6 Å². The van der Waals surface area contributed by atoms with Crippen molar-refractivity contribution in [3.8, 4) is 11.5 Å². The third-order valence-corrected chi connectivity index (χ3v) is 6.00. The van der Waals surface area contributed by atoms with Gasteiger partial charge >= 0.3 is 5.97 Å². The number of nitrogens with zero attached hydrogens (tertiary/aromatic N) is 1. The van der Waals surface area contributed by atoms with E-state index in [-0.39, 0.29) is 4.91 Å². The van der Waals surface area contributed by atoms with E-state index in [4.69, 9.17) is 9.47 Å². The second-order valence-corrected chi connectivity index (χ2v) is 8.41. The summed E-state index contributed by atoms with van der Waals surface area (Å²) in [5.74, 6) is -0.213. The molecule has 31 heavy (non-hydrogen) atoms. The van der Waals surface area contributed by atoms with Crippen LogP contribution in [0.4, 0.5) is 4.79 Å². The lowest BCUT2D eigenvalue weighted by atomic mass is 10.1. The number of imide groups is 1. The average Bonchev–Trinajstić information content (AvgIpc) is 3.04. The largest absolute Gasteiger partial charge is 0.493 e. The van der Waals surface area contributed by atoms with Gasteiger partial charge in [-0.15, -0.1) is 0 Å². The van der Waals surface area contributed by atoms with E-state index >= 15 is 0 Å². The zero-order valence-electron chi connectivity index (χ0n) is 17.1. The minimum Gasteiger partial charge on any atom is -0.493 e. The number of ether oxygens (including phenoxy) is 3. The van der Waals surface area contributed by atoms with Crippen molar-refractivity contribution in [2.24, 2.45) is 0 Å². The number of amides is 2. The fraction of sp³-hybridized carbons (Fsp3) is 0.227. The maximum absolute atomic E-state index is 12.7. The first-order valence-electron chi connectivity index (χ1n) is 9.24. The van der Waals surface area contributed by atoms with Gasteiger partial charge in [-0.25, -0.2) is 4.79 Å². The number of hydrogen-bond donors (Lipinski definition) is 0. The van der Waals surface area contributed by atoms with E-state index in [9.17, 15) is 14.4 Å². The van der Waals surface area contributed by atoms with E-state index < -0.39 is 23.2 Å². The van der Waals surface area contributed by atoms with E-state index in [0.29, 0.717) is 28.1 Å². The van der Waals surface area contributed by atoms with Gasteiger partial charge in [0, 0.05) is 0 Å². The standard InChI is InChI=1S/C22H20BrNO6S/c1-13(21(26)29-3)24-20(25)18(31-22(24)27)11-15-9-16(23)19(17(10-15)28-2)30-12-14-7-5-4-6-8-14/h4-11,13H,12H2,1-3H3/b18-11+/t13-/m0/s1. The monoisotopic (exact) mass is 505 g/mol. The molecule has 162 valence electrons. The van der Waals surface area contributed by atoms with E-state index in [1.807, 2.05) is 30.3 Å². The molecule has 0 N–H and O–H groups in total. The van der Waals surface area contributed by atoms with Crippen LogP contribution >= 0.6 is 27.7 Å². The van der Waals surface area contributed by atoms with Gasteiger partial charge in [-0.1, -0.05) is 30.3 Å². The van der Waals surface area contributed by atoms with Gasteiger partial charge in [0.2, 0.25) is 0 Å². The second kappa shape index (κ2) is 10.0. The Balaban J connectivity index is 1.84. The lowest BCUT2D eigenvalue weighted by Crippen LogP contribution is -2.42. The van der Waals surface area contributed by atoms with Crippen molar-refractivity contribution in [1.29, 1.82) is 0 Å². The van der Waals surface area contributed by atoms with Crippen LogP contribution in [0.1, 0.15) is 18.1 Å². The Kier molecular flexibility index (Phi) is 7.40. The lowest BCUT2D eigenvalue weighted by Gasteiger charge is -2.18. The second-order valence-electron chi connectivity index (χ2n) is 6.56. The molecule has 0 radical (unpaired) electrons. The molecule has 7 nitrogen and oxygen atoms in total. The van der Waals surface area contributed by atoms with Gasteiger partial charge in [0.15, 0.2) is 11.5 Å². The van der Waals surface area contributed by atoms with Crippen molar-refractivity contribution in [2.75, 3.05) is 14.2 Å². The van der Waals surface area contributed by atoms with Crippen LogP contribution < -0.4 is 9.47 Å². The van der Waals surface area contributed by atoms with Crippen LogP contribution in [0.25, 0.3) is 6.08 Å². The Hall–Kier alpha value is -2.78. The molecule has 0 unspecified atom stereocenters. The molecule has 1 saturated heterocycles. The van der Waals surface area contributed by atoms with Crippen LogP contribution in [0.3, 0.4) is 0 Å². The maximum atomic E-state index is 12.7. The Morgan fingerprint density at radius 2 is 1.90 bits per heavy atom. The number of rotatable bonds is 7. The predicted molar refractivity (Wildman–Crippen MR) is 121 cm³/mol. The average molecular weight is 506 g/mol. The summed E-state index contributed by atoms with van der Waals surface area (Å²) in [5.41, 5.74) is 1.64. The molecule has 0 spiro atoms. The van der Waals surface area contributed by atoms with Crippen molar-refractivity contribution in [3.63, 3.8) is 0 Å². The Labute approximate surface area is 192 Å². The molecule has 2 aromatic carbocycles. The summed E-state index contributed by atoms with van der Waals surface area (Å²) < 4.78 is 16.6. The van der Waals surface area contributed by atoms with E-state index in [0.717, 1.165) is 22.2 Å². The van der Waals surface area contributed by atoms with Crippen molar-refractivity contribution >= 4 is 50.9 Å². The van der Waals surface area contributed by atoms with E-state index in [1.54, 1.807) is 18.2 Å². The highest BCUT2D eigenvalue weighted by atomic mass is 79.9. The fourth-order valence-corrected chi connectivity index (χ4v) is 4.42. The molecule has 2 amide bonds. The summed E-state index contributed by atoms with van der Waals surface area (Å²) in [6, 6.07) is 12.2. The topological polar surface area (TPSA) is 82.1 Å². The van der Waals surface area contributed by atoms with Gasteiger partial charge in [-0.05, 0) is 64.0 Å². The molecule has 0 saturated carbocycles. The zero-order chi connectivity index (χ0) is 22.5. The molecule has 0 bridgehead atoms. The molecular weight excluding hydrogens is 486 g/mol. The van der Waals surface area contributed by atoms with Crippen molar-refractivity contribution in [3.05, 3.63) is 63.0 Å². The van der Waals surface area contributed by atoms with Crippen LogP contribution in [0.5, 0.6) is 11.5 Å². The molecule has 0 aromatic heterocycles. The highest BCUT2D eigenvalue weighted by molar-refractivity contribution is 9.10. The first kappa shape index (κ1) is 22.9. The minimum absolute atomic E-state index is 0.202. The van der Waals surface area contributed by atoms with Gasteiger partial charge in [0.05, 0.1) is 23.6 Å². The van der Waals surface area contributed by atoms with Crippen LogP contribution in [0.2, 0.25) is 0 Å². The molecule has 9 heteroatoms. The normalized spacial score (nSPS) is 15.9. The third-order valence-electron chi connectivity index (χ3n) is 4.53. The molecule has 0 aliphatic carbocycles. The summed E-state index contributed by atoms with van der Waals surface area (Å²) >= 11 is 4.25. The van der Waals surface area contributed by atoms with Gasteiger partial charge in [-0.2, -0.15) is 0 Å². The molecule has 1 atom stereocenters. The third kappa shape index (κ3) is 5.11.